The van der Waals surface area contributed by atoms with E-state index in [9.17, 15) is 19.8 Å². The number of alkyl carbamates (subject to hydrolysis) is 1. The first kappa shape index (κ1) is 12.9. The number of ether oxygens (including phenoxy) is 1. The molecule has 2 fully saturated rings. The van der Waals surface area contributed by atoms with Gasteiger partial charge in [0.1, 0.15) is 6.61 Å². The van der Waals surface area contributed by atoms with Crippen LogP contribution in [0.3, 0.4) is 0 Å². The van der Waals surface area contributed by atoms with Crippen molar-refractivity contribution < 1.29 is 24.5 Å². The average Bonchev–Trinajstić information content (AvgIpc) is 2.22. The summed E-state index contributed by atoms with van der Waals surface area (Å²) in [4.78, 5) is 23.0. The fourth-order valence-corrected chi connectivity index (χ4v) is 3.03. The molecule has 2 saturated carbocycles. The van der Waals surface area contributed by atoms with Crippen molar-refractivity contribution in [1.29, 1.82) is 0 Å². The van der Waals surface area contributed by atoms with Gasteiger partial charge in [-0.05, 0) is 12.8 Å². The Morgan fingerprint density at radius 1 is 1.50 bits per heavy atom. The molecule has 2 aliphatic carbocycles. The minimum absolute atomic E-state index is 0.0249. The fourth-order valence-electron chi connectivity index (χ4n) is 3.03. The number of hydrogen-bond acceptors (Lipinski definition) is 4. The SMILES string of the molecule is C=CCOC(=O)N[C@]1(C(=O)O)C[C@@H](O)C12CCC2. The van der Waals surface area contributed by atoms with Gasteiger partial charge in [0.25, 0.3) is 0 Å². The second-order valence-corrected chi connectivity index (χ2v) is 4.95. The number of carboxylic acids is 1. The summed E-state index contributed by atoms with van der Waals surface area (Å²) in [6.45, 7) is 3.43. The highest BCUT2D eigenvalue weighted by Gasteiger charge is 2.72. The van der Waals surface area contributed by atoms with Gasteiger partial charge in [0, 0.05) is 11.8 Å². The minimum Gasteiger partial charge on any atom is -0.479 e. The van der Waals surface area contributed by atoms with Crippen molar-refractivity contribution in [3.8, 4) is 0 Å². The molecule has 6 heteroatoms. The number of aliphatic hydroxyl groups is 1. The summed E-state index contributed by atoms with van der Waals surface area (Å²) in [6.07, 6.45) is 2.09. The number of aliphatic carboxylic acids is 1. The van der Waals surface area contributed by atoms with Crippen molar-refractivity contribution in [3.05, 3.63) is 12.7 Å². The highest BCUT2D eigenvalue weighted by atomic mass is 16.5. The number of hydrogen-bond donors (Lipinski definition) is 3. The molecule has 0 aromatic rings. The molecular weight excluding hydrogens is 238 g/mol. The molecule has 2 aliphatic rings. The Balaban J connectivity index is 2.12. The Hall–Kier alpha value is -1.56. The van der Waals surface area contributed by atoms with Crippen LogP contribution in [0.25, 0.3) is 0 Å². The number of rotatable bonds is 4. The predicted molar refractivity (Wildman–Crippen MR) is 62.0 cm³/mol. The molecular formula is C12H17NO5. The van der Waals surface area contributed by atoms with Crippen LogP contribution >= 0.6 is 0 Å². The molecule has 2 atom stereocenters. The van der Waals surface area contributed by atoms with E-state index in [2.05, 4.69) is 11.9 Å². The van der Waals surface area contributed by atoms with Crippen LogP contribution in [0.15, 0.2) is 12.7 Å². The number of carbonyl (C=O) groups excluding carboxylic acids is 1. The summed E-state index contributed by atoms with van der Waals surface area (Å²) >= 11 is 0. The van der Waals surface area contributed by atoms with E-state index in [-0.39, 0.29) is 13.0 Å². The molecule has 0 aromatic heterocycles. The van der Waals surface area contributed by atoms with Crippen LogP contribution in [0, 0.1) is 5.41 Å². The van der Waals surface area contributed by atoms with Crippen LogP contribution in [0.1, 0.15) is 25.7 Å². The predicted octanol–water partition coefficient (Wildman–Crippen LogP) is 0.657. The zero-order valence-corrected chi connectivity index (χ0v) is 10.0. The van der Waals surface area contributed by atoms with Crippen molar-refractivity contribution in [3.63, 3.8) is 0 Å². The first-order valence-corrected chi connectivity index (χ1v) is 5.96. The zero-order chi connectivity index (χ0) is 13.4. The van der Waals surface area contributed by atoms with E-state index in [1.54, 1.807) is 0 Å². The number of carboxylic acid groups (broad SMARTS) is 1. The summed E-state index contributed by atoms with van der Waals surface area (Å²) < 4.78 is 4.76. The molecule has 0 heterocycles. The van der Waals surface area contributed by atoms with Gasteiger partial charge in [-0.15, -0.1) is 0 Å². The molecule has 18 heavy (non-hydrogen) atoms. The summed E-state index contributed by atoms with van der Waals surface area (Å²) in [7, 11) is 0. The number of nitrogens with one attached hydrogen (secondary N) is 1. The van der Waals surface area contributed by atoms with Gasteiger partial charge in [0.05, 0.1) is 6.10 Å². The van der Waals surface area contributed by atoms with E-state index < -0.39 is 29.1 Å². The van der Waals surface area contributed by atoms with Crippen molar-refractivity contribution in [2.75, 3.05) is 6.61 Å². The molecule has 1 amide bonds. The maximum atomic E-state index is 11.5. The van der Waals surface area contributed by atoms with E-state index in [1.165, 1.54) is 6.08 Å². The zero-order valence-electron chi connectivity index (χ0n) is 10.0. The lowest BCUT2D eigenvalue weighted by molar-refractivity contribution is -0.212. The van der Waals surface area contributed by atoms with Crippen LogP contribution in [0.4, 0.5) is 4.79 Å². The molecule has 0 bridgehead atoms. The highest BCUT2D eigenvalue weighted by molar-refractivity contribution is 5.87. The molecule has 0 unspecified atom stereocenters. The molecule has 1 spiro atoms. The maximum Gasteiger partial charge on any atom is 0.408 e. The molecule has 0 aromatic carbocycles. The highest BCUT2D eigenvalue weighted by Crippen LogP contribution is 2.62. The fraction of sp³-hybridized carbons (Fsp3) is 0.667. The second-order valence-electron chi connectivity index (χ2n) is 4.95. The van der Waals surface area contributed by atoms with Crippen LogP contribution in [0.5, 0.6) is 0 Å². The Labute approximate surface area is 105 Å². The molecule has 2 rings (SSSR count). The lowest BCUT2D eigenvalue weighted by Gasteiger charge is -2.64. The summed E-state index contributed by atoms with van der Waals surface area (Å²) in [5.74, 6) is -1.11. The Bertz CT molecular complexity index is 390. The van der Waals surface area contributed by atoms with Gasteiger partial charge in [-0.1, -0.05) is 19.1 Å². The number of amides is 1. The Kier molecular flexibility index (Phi) is 3.06. The van der Waals surface area contributed by atoms with E-state index >= 15 is 0 Å². The largest absolute Gasteiger partial charge is 0.479 e. The Morgan fingerprint density at radius 3 is 2.56 bits per heavy atom. The third kappa shape index (κ3) is 1.52. The summed E-state index contributed by atoms with van der Waals surface area (Å²) in [6, 6.07) is 0. The first-order valence-electron chi connectivity index (χ1n) is 5.96. The number of carbonyl (C=O) groups is 2. The van der Waals surface area contributed by atoms with E-state index in [0.717, 1.165) is 6.42 Å². The van der Waals surface area contributed by atoms with Gasteiger partial charge < -0.3 is 20.3 Å². The van der Waals surface area contributed by atoms with Gasteiger partial charge >= 0.3 is 12.1 Å². The number of aliphatic hydroxyl groups excluding tert-OH is 1. The monoisotopic (exact) mass is 255 g/mol. The van der Waals surface area contributed by atoms with Crippen LogP contribution < -0.4 is 5.32 Å². The van der Waals surface area contributed by atoms with Crippen molar-refractivity contribution in [2.24, 2.45) is 5.41 Å². The van der Waals surface area contributed by atoms with Crippen LogP contribution in [-0.2, 0) is 9.53 Å². The molecule has 100 valence electrons. The lowest BCUT2D eigenvalue weighted by Crippen LogP contribution is -2.79. The molecule has 6 nitrogen and oxygen atoms in total. The van der Waals surface area contributed by atoms with Gasteiger partial charge in [0.15, 0.2) is 5.54 Å². The Morgan fingerprint density at radius 2 is 2.17 bits per heavy atom. The second kappa shape index (κ2) is 4.28. The third-order valence-electron chi connectivity index (χ3n) is 4.25. The third-order valence-corrected chi connectivity index (χ3v) is 4.25. The van der Waals surface area contributed by atoms with Gasteiger partial charge in [-0.2, -0.15) is 0 Å². The summed E-state index contributed by atoms with van der Waals surface area (Å²) in [5.41, 5.74) is -2.10. The summed E-state index contributed by atoms with van der Waals surface area (Å²) in [5, 5.41) is 21.6. The van der Waals surface area contributed by atoms with E-state index in [1.807, 2.05) is 0 Å². The van der Waals surface area contributed by atoms with Gasteiger partial charge in [-0.25, -0.2) is 9.59 Å². The van der Waals surface area contributed by atoms with Crippen LogP contribution in [0.2, 0.25) is 0 Å². The normalized spacial score (nSPS) is 31.9. The molecule has 0 radical (unpaired) electrons. The maximum absolute atomic E-state index is 11.5. The minimum atomic E-state index is -1.39. The van der Waals surface area contributed by atoms with E-state index in [4.69, 9.17) is 4.74 Å². The smallest absolute Gasteiger partial charge is 0.408 e. The first-order chi connectivity index (χ1) is 8.48. The topological polar surface area (TPSA) is 95.9 Å². The molecule has 0 aliphatic heterocycles. The molecule has 3 N–H and O–H groups in total. The lowest BCUT2D eigenvalue weighted by atomic mass is 9.43. The standard InChI is InChI=1S/C12H17NO5/c1-2-6-18-10(17)13-12(9(15)16)7-8(14)11(12)4-3-5-11/h2,8,14H,1,3-7H2,(H,13,17)(H,15,16)/t8-,12+/m1/s1. The average molecular weight is 255 g/mol. The van der Waals surface area contributed by atoms with Crippen molar-refractivity contribution >= 4 is 12.1 Å². The van der Waals surface area contributed by atoms with Crippen molar-refractivity contribution in [2.45, 2.75) is 37.3 Å². The van der Waals surface area contributed by atoms with Gasteiger partial charge in [0.2, 0.25) is 0 Å². The van der Waals surface area contributed by atoms with Crippen LogP contribution in [-0.4, -0.2) is 40.5 Å². The quantitative estimate of drug-likeness (QED) is 0.641. The van der Waals surface area contributed by atoms with Crippen molar-refractivity contribution in [1.82, 2.24) is 5.32 Å². The molecule has 0 saturated heterocycles. The van der Waals surface area contributed by atoms with E-state index in [0.29, 0.717) is 12.8 Å². The van der Waals surface area contributed by atoms with Gasteiger partial charge in [-0.3, -0.25) is 0 Å².